The molecule has 2 N–H and O–H groups in total. The van der Waals surface area contributed by atoms with Crippen LogP contribution in [0, 0.1) is 25.5 Å². The Hall–Kier alpha value is -3.51. The summed E-state index contributed by atoms with van der Waals surface area (Å²) in [6.07, 6.45) is 0.278. The molecule has 1 aliphatic heterocycles. The number of urea groups is 1. The third-order valence-corrected chi connectivity index (χ3v) is 7.87. The average Bonchev–Trinajstić information content (AvgIpc) is 3.16. The first-order chi connectivity index (χ1) is 17.0. The Kier molecular flexibility index (Phi) is 7.01. The highest BCUT2D eigenvalue weighted by Gasteiger charge is 2.35. The lowest BCUT2D eigenvalue weighted by molar-refractivity contribution is -0.118. The van der Waals surface area contributed by atoms with Crippen molar-refractivity contribution in [3.8, 4) is 11.1 Å². The summed E-state index contributed by atoms with van der Waals surface area (Å²) < 4.78 is 42.4. The van der Waals surface area contributed by atoms with Gasteiger partial charge in [-0.15, -0.1) is 0 Å². The maximum atomic E-state index is 15.6. The van der Waals surface area contributed by atoms with Gasteiger partial charge in [-0.1, -0.05) is 36.4 Å². The first-order valence-electron chi connectivity index (χ1n) is 11.6. The Labute approximate surface area is 209 Å². The zero-order chi connectivity index (χ0) is 26.2. The smallest absolute Gasteiger partial charge is 0.319 e. The van der Waals surface area contributed by atoms with Gasteiger partial charge in [-0.2, -0.15) is 0 Å². The molecule has 9 heteroatoms. The van der Waals surface area contributed by atoms with E-state index in [1.165, 1.54) is 23.1 Å². The summed E-state index contributed by atoms with van der Waals surface area (Å²) in [5, 5.41) is 5.63. The largest absolute Gasteiger partial charge is 0.326 e. The van der Waals surface area contributed by atoms with Crippen LogP contribution in [0.4, 0.5) is 25.0 Å². The van der Waals surface area contributed by atoms with E-state index in [1.54, 1.807) is 51.4 Å². The highest BCUT2D eigenvalue weighted by Crippen LogP contribution is 2.41. The quantitative estimate of drug-likeness (QED) is 0.449. The Morgan fingerprint density at radius 2 is 1.75 bits per heavy atom. The molecule has 0 saturated carbocycles. The molecule has 6 nitrogen and oxygen atoms in total. The van der Waals surface area contributed by atoms with Gasteiger partial charge >= 0.3 is 6.03 Å². The third-order valence-electron chi connectivity index (χ3n) is 6.31. The van der Waals surface area contributed by atoms with Crippen LogP contribution in [0.25, 0.3) is 11.1 Å². The van der Waals surface area contributed by atoms with Crippen LogP contribution in [0.1, 0.15) is 17.5 Å². The number of hydrogen-bond donors (Lipinski definition) is 2. The molecule has 4 rings (SSSR count). The van der Waals surface area contributed by atoms with E-state index >= 15 is 4.39 Å². The average molecular weight is 512 g/mol. The van der Waals surface area contributed by atoms with Gasteiger partial charge in [0.25, 0.3) is 0 Å². The number of aryl methyl sites for hydroxylation is 1. The topological polar surface area (TPSA) is 78.5 Å². The fraction of sp³-hybridized carbons (Fsp3) is 0.259. The molecule has 0 unspecified atom stereocenters. The molecule has 1 saturated heterocycles. The van der Waals surface area contributed by atoms with Crippen molar-refractivity contribution in [3.63, 3.8) is 0 Å². The number of nitrogens with one attached hydrogen (secondary N) is 2. The Bertz CT molecular complexity index is 1400. The van der Waals surface area contributed by atoms with E-state index in [0.29, 0.717) is 27.6 Å². The van der Waals surface area contributed by atoms with Crippen LogP contribution in [0.15, 0.2) is 54.6 Å². The van der Waals surface area contributed by atoms with Crippen molar-refractivity contribution in [1.29, 1.82) is 0 Å². The molecule has 3 aromatic rings. The van der Waals surface area contributed by atoms with E-state index in [4.69, 9.17) is 0 Å². The molecule has 3 amide bonds. The van der Waals surface area contributed by atoms with Crippen molar-refractivity contribution in [2.75, 3.05) is 30.1 Å². The lowest BCUT2D eigenvalue weighted by Crippen LogP contribution is -2.43. The molecule has 3 aromatic carbocycles. The maximum Gasteiger partial charge on any atom is 0.319 e. The molecule has 0 spiro atoms. The van der Waals surface area contributed by atoms with Crippen LogP contribution in [0.3, 0.4) is 0 Å². The number of carbonyl (C=O) groups excluding carboxylic acids is 2. The fourth-order valence-electron chi connectivity index (χ4n) is 4.43. The number of anilines is 2. The lowest BCUT2D eigenvalue weighted by atomic mass is 9.99. The second kappa shape index (κ2) is 9.86. The van der Waals surface area contributed by atoms with Crippen LogP contribution < -0.4 is 20.8 Å². The molecular weight excluding hydrogens is 483 g/mol. The van der Waals surface area contributed by atoms with Crippen LogP contribution in [0.5, 0.6) is 0 Å². The fourth-order valence-corrected chi connectivity index (χ4v) is 5.65. The number of nitrogens with zero attached hydrogens (tertiary/aromatic N) is 1. The van der Waals surface area contributed by atoms with Crippen LogP contribution in [-0.2, 0) is 9.36 Å². The minimum Gasteiger partial charge on any atom is -0.326 e. The predicted octanol–water partition coefficient (Wildman–Crippen LogP) is 5.42. The van der Waals surface area contributed by atoms with E-state index in [2.05, 4.69) is 10.6 Å². The van der Waals surface area contributed by atoms with Gasteiger partial charge < -0.3 is 20.1 Å². The van der Waals surface area contributed by atoms with E-state index in [1.807, 2.05) is 12.1 Å². The molecule has 1 fully saturated rings. The van der Waals surface area contributed by atoms with Gasteiger partial charge in [-0.3, -0.25) is 4.79 Å². The van der Waals surface area contributed by atoms with Crippen molar-refractivity contribution in [3.05, 3.63) is 77.4 Å². The highest BCUT2D eigenvalue weighted by atomic mass is 31.2. The number of halogens is 2. The number of carbonyl (C=O) groups is 2. The van der Waals surface area contributed by atoms with Gasteiger partial charge in [-0.25, -0.2) is 13.6 Å². The molecule has 1 atom stereocenters. The molecule has 0 aliphatic carbocycles. The Balaban J connectivity index is 1.53. The van der Waals surface area contributed by atoms with Crippen LogP contribution in [-0.4, -0.2) is 37.9 Å². The van der Waals surface area contributed by atoms with Crippen molar-refractivity contribution >= 4 is 35.8 Å². The molecular formula is C27H28F2N3O3P. The van der Waals surface area contributed by atoms with Gasteiger partial charge in [-0.05, 0) is 74.1 Å². The second-order valence-electron chi connectivity index (χ2n) is 9.35. The summed E-state index contributed by atoms with van der Waals surface area (Å²) in [4.78, 5) is 26.7. The van der Waals surface area contributed by atoms with Gasteiger partial charge in [0, 0.05) is 11.8 Å². The van der Waals surface area contributed by atoms with E-state index in [9.17, 15) is 18.5 Å². The standard InChI is InChI=1S/C27H28F2N3O3P/c1-16-9-11-21(20(28)15-16)30-27(34)31-22-13-14-32(26(22)33)23-12-10-18(17(2)25(23)29)19-7-5-6-8-24(19)36(3,4)35/h5-12,15,22H,13-14H2,1-4H3,(H2,30,31,34)/t22-/m1/s1. The Morgan fingerprint density at radius 1 is 1.03 bits per heavy atom. The zero-order valence-corrected chi connectivity index (χ0v) is 21.5. The SMILES string of the molecule is Cc1ccc(NC(=O)N[C@@H]2CCN(c3ccc(-c4ccccc4P(C)(C)=O)c(C)c3F)C2=O)c(F)c1. The maximum absolute atomic E-state index is 15.6. The summed E-state index contributed by atoms with van der Waals surface area (Å²) >= 11 is 0. The number of rotatable bonds is 5. The van der Waals surface area contributed by atoms with Gasteiger partial charge in [0.1, 0.15) is 24.8 Å². The van der Waals surface area contributed by atoms with Crippen molar-refractivity contribution in [2.45, 2.75) is 26.3 Å². The third kappa shape index (κ3) is 5.05. The van der Waals surface area contributed by atoms with Crippen molar-refractivity contribution < 1.29 is 22.9 Å². The zero-order valence-electron chi connectivity index (χ0n) is 20.6. The molecule has 188 valence electrons. The molecule has 1 aliphatic rings. The summed E-state index contributed by atoms with van der Waals surface area (Å²) in [5.41, 5.74) is 2.47. The summed E-state index contributed by atoms with van der Waals surface area (Å²) in [7, 11) is -2.61. The first kappa shape index (κ1) is 25.6. The number of benzene rings is 3. The molecule has 0 radical (unpaired) electrons. The molecule has 36 heavy (non-hydrogen) atoms. The minimum absolute atomic E-state index is 0.00153. The van der Waals surface area contributed by atoms with Crippen molar-refractivity contribution in [1.82, 2.24) is 5.32 Å². The van der Waals surface area contributed by atoms with Crippen LogP contribution in [0.2, 0.25) is 0 Å². The van der Waals surface area contributed by atoms with Crippen molar-refractivity contribution in [2.24, 2.45) is 0 Å². The summed E-state index contributed by atoms with van der Waals surface area (Å²) in [6, 6.07) is 13.3. The van der Waals surface area contributed by atoms with Gasteiger partial charge in [0.2, 0.25) is 5.91 Å². The van der Waals surface area contributed by atoms with Crippen LogP contribution >= 0.6 is 7.14 Å². The normalized spacial score (nSPS) is 15.8. The van der Waals surface area contributed by atoms with Gasteiger partial charge in [0.05, 0.1) is 11.4 Å². The summed E-state index contributed by atoms with van der Waals surface area (Å²) in [5.74, 6) is -1.58. The highest BCUT2D eigenvalue weighted by molar-refractivity contribution is 7.70. The Morgan fingerprint density at radius 3 is 2.44 bits per heavy atom. The number of hydrogen-bond acceptors (Lipinski definition) is 3. The predicted molar refractivity (Wildman–Crippen MR) is 140 cm³/mol. The lowest BCUT2D eigenvalue weighted by Gasteiger charge is -2.21. The molecule has 0 aromatic heterocycles. The van der Waals surface area contributed by atoms with E-state index in [0.717, 1.165) is 0 Å². The van der Waals surface area contributed by atoms with Gasteiger partial charge in [0.15, 0.2) is 0 Å². The van der Waals surface area contributed by atoms with E-state index in [-0.39, 0.29) is 24.3 Å². The number of amides is 3. The summed E-state index contributed by atoms with van der Waals surface area (Å²) in [6.45, 7) is 6.92. The molecule has 1 heterocycles. The first-order valence-corrected chi connectivity index (χ1v) is 14.2. The van der Waals surface area contributed by atoms with E-state index < -0.39 is 36.8 Å². The second-order valence-corrected chi connectivity index (χ2v) is 12.5. The monoisotopic (exact) mass is 511 g/mol. The minimum atomic E-state index is -2.61. The molecule has 0 bridgehead atoms.